The zero-order valence-electron chi connectivity index (χ0n) is 19.7. The molecular weight excluding hydrogens is 432 g/mol. The summed E-state index contributed by atoms with van der Waals surface area (Å²) in [6.45, 7) is 0. The van der Waals surface area contributed by atoms with Crippen LogP contribution >= 0.6 is 0 Å². The van der Waals surface area contributed by atoms with Gasteiger partial charge in [-0.05, 0) is 42.5 Å². The van der Waals surface area contributed by atoms with Crippen LogP contribution in [-0.4, -0.2) is 15.8 Å². The number of hydrogen-bond acceptors (Lipinski definition) is 4. The van der Waals surface area contributed by atoms with Crippen molar-refractivity contribution in [1.82, 2.24) is 9.55 Å². The molecule has 2 aliphatic rings. The maximum atomic E-state index is 14.4. The molecule has 0 unspecified atom stereocenters. The van der Waals surface area contributed by atoms with Crippen LogP contribution in [0.25, 0.3) is 16.9 Å². The molecule has 1 fully saturated rings. The number of nitrogens with one attached hydrogen (secondary N) is 1. The molecule has 1 heterocycles. The minimum absolute atomic E-state index is 0.00927. The van der Waals surface area contributed by atoms with Gasteiger partial charge in [-0.15, -0.1) is 0 Å². The fourth-order valence-corrected chi connectivity index (χ4v) is 5.80. The number of rotatable bonds is 4. The van der Waals surface area contributed by atoms with Crippen molar-refractivity contribution in [2.24, 2.45) is 5.10 Å². The molecule has 174 valence electrons. The third kappa shape index (κ3) is 3.87. The van der Waals surface area contributed by atoms with Gasteiger partial charge >= 0.3 is 0 Å². The Kier molecular flexibility index (Phi) is 5.53. The molecule has 5 nitrogen and oxygen atoms in total. The quantitative estimate of drug-likeness (QED) is 0.296. The van der Waals surface area contributed by atoms with Gasteiger partial charge < -0.3 is 0 Å². The Labute approximate surface area is 205 Å². The van der Waals surface area contributed by atoms with Crippen LogP contribution in [0.1, 0.15) is 48.8 Å². The third-order valence-corrected chi connectivity index (χ3v) is 7.42. The first kappa shape index (κ1) is 21.5. The molecule has 6 rings (SSSR count). The fourth-order valence-electron chi connectivity index (χ4n) is 5.80. The van der Waals surface area contributed by atoms with Gasteiger partial charge in [0.05, 0.1) is 23.2 Å². The summed E-state index contributed by atoms with van der Waals surface area (Å²) < 4.78 is 1.70. The zero-order valence-corrected chi connectivity index (χ0v) is 19.7. The monoisotopic (exact) mass is 460 g/mol. The summed E-state index contributed by atoms with van der Waals surface area (Å²) in [5.41, 5.74) is 8.73. The van der Waals surface area contributed by atoms with Crippen LogP contribution in [0, 0.1) is 0 Å². The minimum Gasteiger partial charge on any atom is -0.268 e. The minimum atomic E-state index is -0.158. The Morgan fingerprint density at radius 1 is 0.857 bits per heavy atom. The molecule has 1 saturated carbocycles. The van der Waals surface area contributed by atoms with Crippen molar-refractivity contribution in [2.75, 3.05) is 5.43 Å². The second-order valence-electron chi connectivity index (χ2n) is 9.59. The van der Waals surface area contributed by atoms with Crippen molar-refractivity contribution < 1.29 is 0 Å². The van der Waals surface area contributed by atoms with E-state index in [0.29, 0.717) is 5.95 Å². The van der Waals surface area contributed by atoms with Gasteiger partial charge in [-0.2, -0.15) is 5.10 Å². The van der Waals surface area contributed by atoms with Gasteiger partial charge in [-0.3, -0.25) is 4.79 Å². The highest BCUT2D eigenvalue weighted by molar-refractivity contribution is 5.80. The topological polar surface area (TPSA) is 59.3 Å². The second-order valence-corrected chi connectivity index (χ2v) is 9.59. The van der Waals surface area contributed by atoms with E-state index >= 15 is 0 Å². The highest BCUT2D eigenvalue weighted by atomic mass is 16.1. The predicted molar refractivity (Wildman–Crippen MR) is 141 cm³/mol. The normalized spacial score (nSPS) is 16.1. The van der Waals surface area contributed by atoms with Crippen molar-refractivity contribution in [3.05, 3.63) is 112 Å². The number of benzene rings is 3. The number of aromatic nitrogens is 2. The lowest BCUT2D eigenvalue weighted by Crippen LogP contribution is -2.42. The molecule has 0 radical (unpaired) electrons. The van der Waals surface area contributed by atoms with Crippen LogP contribution in [0.15, 0.2) is 94.8 Å². The Bertz CT molecular complexity index is 1430. The SMILES string of the molecule is O=c1c2c(nc(NN=Cc3ccccc3)n1-c1ccccc1)-c1ccccc1CC21CCCCC1. The third-order valence-electron chi connectivity index (χ3n) is 7.42. The average Bonchev–Trinajstić information content (AvgIpc) is 2.90. The Morgan fingerprint density at radius 3 is 2.31 bits per heavy atom. The van der Waals surface area contributed by atoms with E-state index in [-0.39, 0.29) is 11.0 Å². The van der Waals surface area contributed by atoms with Gasteiger partial charge in [-0.1, -0.05) is 92.1 Å². The van der Waals surface area contributed by atoms with Crippen molar-refractivity contribution >= 4 is 12.2 Å². The molecule has 1 aromatic heterocycles. The van der Waals surface area contributed by atoms with Gasteiger partial charge in [0.1, 0.15) is 0 Å². The summed E-state index contributed by atoms with van der Waals surface area (Å²) in [4.78, 5) is 19.5. The molecule has 5 heteroatoms. The molecule has 2 aliphatic carbocycles. The molecule has 1 N–H and O–H groups in total. The lowest BCUT2D eigenvalue weighted by atomic mass is 9.62. The molecule has 0 saturated heterocycles. The lowest BCUT2D eigenvalue weighted by molar-refractivity contribution is 0.284. The smallest absolute Gasteiger partial charge is 0.263 e. The number of hydrazone groups is 1. The second kappa shape index (κ2) is 8.99. The van der Waals surface area contributed by atoms with Gasteiger partial charge in [0.25, 0.3) is 5.56 Å². The van der Waals surface area contributed by atoms with E-state index in [1.807, 2.05) is 66.7 Å². The van der Waals surface area contributed by atoms with Gasteiger partial charge in [-0.25, -0.2) is 15.0 Å². The largest absolute Gasteiger partial charge is 0.268 e. The maximum absolute atomic E-state index is 14.4. The number of anilines is 1. The van der Waals surface area contributed by atoms with Crippen molar-refractivity contribution in [1.29, 1.82) is 0 Å². The van der Waals surface area contributed by atoms with E-state index in [9.17, 15) is 4.79 Å². The van der Waals surface area contributed by atoms with Crippen LogP contribution in [-0.2, 0) is 11.8 Å². The average molecular weight is 461 g/mol. The van der Waals surface area contributed by atoms with Crippen molar-refractivity contribution in [3.8, 4) is 16.9 Å². The molecule has 0 atom stereocenters. The highest BCUT2D eigenvalue weighted by Crippen LogP contribution is 2.48. The Hall–Kier alpha value is -3.99. The van der Waals surface area contributed by atoms with E-state index in [4.69, 9.17) is 4.98 Å². The van der Waals surface area contributed by atoms with Crippen LogP contribution < -0.4 is 11.0 Å². The van der Waals surface area contributed by atoms with Gasteiger partial charge in [0, 0.05) is 11.0 Å². The Balaban J connectivity index is 1.57. The molecule has 35 heavy (non-hydrogen) atoms. The summed E-state index contributed by atoms with van der Waals surface area (Å²) in [5, 5.41) is 4.45. The zero-order chi connectivity index (χ0) is 23.7. The molecular formula is C30H28N4O. The highest BCUT2D eigenvalue weighted by Gasteiger charge is 2.43. The summed E-state index contributed by atoms with van der Waals surface area (Å²) >= 11 is 0. The molecule has 0 bridgehead atoms. The maximum Gasteiger partial charge on any atom is 0.263 e. The molecule has 0 aliphatic heterocycles. The molecule has 0 amide bonds. The first-order valence-electron chi connectivity index (χ1n) is 12.4. The van der Waals surface area contributed by atoms with Gasteiger partial charge in [0.15, 0.2) is 0 Å². The summed E-state index contributed by atoms with van der Waals surface area (Å²) in [7, 11) is 0. The summed E-state index contributed by atoms with van der Waals surface area (Å²) in [5.74, 6) is 0.426. The van der Waals surface area contributed by atoms with Crippen LogP contribution in [0.2, 0.25) is 0 Å². The van der Waals surface area contributed by atoms with Crippen LogP contribution in [0.4, 0.5) is 5.95 Å². The van der Waals surface area contributed by atoms with E-state index in [2.05, 4.69) is 28.7 Å². The Morgan fingerprint density at radius 2 is 1.54 bits per heavy atom. The van der Waals surface area contributed by atoms with Crippen LogP contribution in [0.5, 0.6) is 0 Å². The van der Waals surface area contributed by atoms with Crippen LogP contribution in [0.3, 0.4) is 0 Å². The van der Waals surface area contributed by atoms with Crippen molar-refractivity contribution in [3.63, 3.8) is 0 Å². The molecule has 3 aromatic carbocycles. The van der Waals surface area contributed by atoms with Crippen molar-refractivity contribution in [2.45, 2.75) is 43.9 Å². The van der Waals surface area contributed by atoms with E-state index in [1.54, 1.807) is 10.8 Å². The lowest BCUT2D eigenvalue weighted by Gasteiger charge is -2.42. The number of hydrogen-bond donors (Lipinski definition) is 1. The summed E-state index contributed by atoms with van der Waals surface area (Å²) in [6.07, 6.45) is 8.23. The first-order chi connectivity index (χ1) is 17.3. The number of fused-ring (bicyclic) bond motifs is 4. The standard InChI is InChI=1S/C30H28N4O/c35-28-26-27(25-17-9-8-14-23(25)20-30(26)18-10-3-11-19-30)32-29(34(28)24-15-6-2-7-16-24)33-31-21-22-12-4-1-5-13-22/h1-2,4-9,12-17,21H,3,10-11,18-20H2,(H,32,33). The number of para-hydroxylation sites is 1. The molecule has 4 aromatic rings. The van der Waals surface area contributed by atoms with Gasteiger partial charge in [0.2, 0.25) is 5.95 Å². The number of nitrogens with zero attached hydrogens (tertiary/aromatic N) is 3. The first-order valence-corrected chi connectivity index (χ1v) is 12.4. The predicted octanol–water partition coefficient (Wildman–Crippen LogP) is 6.10. The van der Waals surface area contributed by atoms with E-state index in [1.165, 1.54) is 12.0 Å². The summed E-state index contributed by atoms with van der Waals surface area (Å²) in [6, 6.07) is 28.1. The fraction of sp³-hybridized carbons (Fsp3) is 0.233. The van der Waals surface area contributed by atoms with E-state index in [0.717, 1.165) is 60.2 Å². The molecule has 1 spiro atoms. The van der Waals surface area contributed by atoms with E-state index < -0.39 is 0 Å².